The zero-order valence-corrected chi connectivity index (χ0v) is 12.3. The summed E-state index contributed by atoms with van der Waals surface area (Å²) in [6, 6.07) is 6.34. The van der Waals surface area contributed by atoms with Crippen LogP contribution in [-0.4, -0.2) is 21.9 Å². The number of nitrogens with zero attached hydrogens (tertiary/aromatic N) is 3. The van der Waals surface area contributed by atoms with Gasteiger partial charge in [0, 0.05) is 12.3 Å². The highest BCUT2D eigenvalue weighted by Gasteiger charge is 2.07. The summed E-state index contributed by atoms with van der Waals surface area (Å²) in [7, 11) is 1.61. The molecule has 1 N–H and O–H groups in total. The van der Waals surface area contributed by atoms with Crippen LogP contribution in [0, 0.1) is 0 Å². The van der Waals surface area contributed by atoms with Gasteiger partial charge in [-0.3, -0.25) is 4.68 Å². The number of aromatic nitrogens is 3. The maximum Gasteiger partial charge on any atom is 0.213 e. The van der Waals surface area contributed by atoms with E-state index in [1.54, 1.807) is 13.3 Å². The van der Waals surface area contributed by atoms with E-state index in [0.717, 1.165) is 24.2 Å². The molecule has 20 heavy (non-hydrogen) atoms. The quantitative estimate of drug-likeness (QED) is 0.842. The van der Waals surface area contributed by atoms with Crippen molar-refractivity contribution in [2.75, 3.05) is 12.4 Å². The molecule has 108 valence electrons. The monoisotopic (exact) mass is 274 g/mol. The van der Waals surface area contributed by atoms with Gasteiger partial charge in [0.05, 0.1) is 37.3 Å². The summed E-state index contributed by atoms with van der Waals surface area (Å²) < 4.78 is 7.09. The topological polar surface area (TPSA) is 52.0 Å². The average Bonchev–Trinajstić information content (AvgIpc) is 2.96. The smallest absolute Gasteiger partial charge is 0.213 e. The Morgan fingerprint density at radius 1 is 1.25 bits per heavy atom. The van der Waals surface area contributed by atoms with Crippen molar-refractivity contribution in [2.45, 2.75) is 39.3 Å². The first-order valence-corrected chi connectivity index (χ1v) is 7.04. The second-order valence-electron chi connectivity index (χ2n) is 4.70. The van der Waals surface area contributed by atoms with Gasteiger partial charge in [-0.05, 0) is 25.0 Å². The zero-order chi connectivity index (χ0) is 14.4. The molecule has 5 heteroatoms. The summed E-state index contributed by atoms with van der Waals surface area (Å²) in [6.07, 6.45) is 6.03. The van der Waals surface area contributed by atoms with E-state index in [2.05, 4.69) is 46.2 Å². The summed E-state index contributed by atoms with van der Waals surface area (Å²) in [5, 5.41) is 7.92. The summed E-state index contributed by atoms with van der Waals surface area (Å²) in [6.45, 7) is 5.08. The van der Waals surface area contributed by atoms with Gasteiger partial charge in [0.15, 0.2) is 0 Å². The van der Waals surface area contributed by atoms with Crippen LogP contribution in [0.4, 0.5) is 5.69 Å². The zero-order valence-electron chi connectivity index (χ0n) is 12.3. The normalized spacial score (nSPS) is 10.8. The Labute approximate surface area is 120 Å². The third-order valence-electron chi connectivity index (χ3n) is 3.40. The lowest BCUT2D eigenvalue weighted by atomic mass is 10.2. The fourth-order valence-corrected chi connectivity index (χ4v) is 2.14. The highest BCUT2D eigenvalue weighted by Crippen LogP contribution is 2.15. The lowest BCUT2D eigenvalue weighted by Gasteiger charge is -2.12. The maximum atomic E-state index is 5.03. The van der Waals surface area contributed by atoms with Crippen molar-refractivity contribution in [3.05, 3.63) is 36.3 Å². The molecule has 2 aromatic rings. The largest absolute Gasteiger partial charge is 0.481 e. The van der Waals surface area contributed by atoms with E-state index in [9.17, 15) is 0 Å². The van der Waals surface area contributed by atoms with E-state index < -0.39 is 0 Å². The first-order chi connectivity index (χ1) is 9.76. The molecule has 0 aromatic carbocycles. The highest BCUT2D eigenvalue weighted by atomic mass is 16.5. The van der Waals surface area contributed by atoms with Crippen LogP contribution in [0.15, 0.2) is 30.6 Å². The molecule has 0 saturated carbocycles. The van der Waals surface area contributed by atoms with Gasteiger partial charge in [-0.2, -0.15) is 5.10 Å². The number of pyridine rings is 1. The van der Waals surface area contributed by atoms with Crippen molar-refractivity contribution in [3.8, 4) is 5.88 Å². The molecule has 0 amide bonds. The number of ether oxygens (including phenoxy) is 1. The molecule has 2 heterocycles. The molecule has 0 aliphatic rings. The standard InChI is InChI=1S/C15H22N4O/c1-4-14(5-2)19-9-8-13(18-19)11-16-12-6-7-15(20-3)17-10-12/h6-10,14,16H,4-5,11H2,1-3H3. The van der Waals surface area contributed by atoms with Crippen molar-refractivity contribution in [3.63, 3.8) is 0 Å². The molecule has 0 fully saturated rings. The van der Waals surface area contributed by atoms with Gasteiger partial charge in [0.2, 0.25) is 5.88 Å². The van der Waals surface area contributed by atoms with Crippen molar-refractivity contribution in [1.82, 2.24) is 14.8 Å². The number of hydrogen-bond donors (Lipinski definition) is 1. The molecular formula is C15H22N4O. The average molecular weight is 274 g/mol. The van der Waals surface area contributed by atoms with Crippen LogP contribution in [0.5, 0.6) is 5.88 Å². The third kappa shape index (κ3) is 3.50. The molecule has 0 atom stereocenters. The molecule has 0 bridgehead atoms. The lowest BCUT2D eigenvalue weighted by molar-refractivity contribution is 0.398. The molecule has 2 aromatic heterocycles. The third-order valence-corrected chi connectivity index (χ3v) is 3.40. The number of rotatable bonds is 7. The van der Waals surface area contributed by atoms with Gasteiger partial charge in [0.25, 0.3) is 0 Å². The van der Waals surface area contributed by atoms with Crippen LogP contribution in [0.25, 0.3) is 0 Å². The molecule has 0 radical (unpaired) electrons. The predicted molar refractivity (Wildman–Crippen MR) is 80.0 cm³/mol. The molecular weight excluding hydrogens is 252 g/mol. The van der Waals surface area contributed by atoms with E-state index in [1.165, 1.54) is 0 Å². The van der Waals surface area contributed by atoms with Crippen LogP contribution >= 0.6 is 0 Å². The van der Waals surface area contributed by atoms with Crippen molar-refractivity contribution < 1.29 is 4.74 Å². The van der Waals surface area contributed by atoms with E-state index in [-0.39, 0.29) is 0 Å². The Balaban J connectivity index is 1.93. The lowest BCUT2D eigenvalue weighted by Crippen LogP contribution is -2.09. The van der Waals surface area contributed by atoms with E-state index >= 15 is 0 Å². The Kier molecular flexibility index (Phi) is 4.98. The minimum absolute atomic E-state index is 0.492. The molecule has 0 aliphatic carbocycles. The number of methoxy groups -OCH3 is 1. The number of anilines is 1. The number of hydrogen-bond acceptors (Lipinski definition) is 4. The fourth-order valence-electron chi connectivity index (χ4n) is 2.14. The van der Waals surface area contributed by atoms with E-state index in [1.807, 2.05) is 12.1 Å². The van der Waals surface area contributed by atoms with Crippen molar-refractivity contribution in [1.29, 1.82) is 0 Å². The summed E-state index contributed by atoms with van der Waals surface area (Å²) in [4.78, 5) is 4.16. The van der Waals surface area contributed by atoms with E-state index in [4.69, 9.17) is 4.74 Å². The van der Waals surface area contributed by atoms with Crippen LogP contribution < -0.4 is 10.1 Å². The first kappa shape index (κ1) is 14.4. The summed E-state index contributed by atoms with van der Waals surface area (Å²) in [5.41, 5.74) is 2.00. The maximum absolute atomic E-state index is 5.03. The second-order valence-corrected chi connectivity index (χ2v) is 4.70. The molecule has 5 nitrogen and oxygen atoms in total. The van der Waals surface area contributed by atoms with Crippen molar-refractivity contribution >= 4 is 5.69 Å². The first-order valence-electron chi connectivity index (χ1n) is 7.04. The van der Waals surface area contributed by atoms with Crippen LogP contribution in [0.1, 0.15) is 38.4 Å². The van der Waals surface area contributed by atoms with Gasteiger partial charge in [0.1, 0.15) is 0 Å². The summed E-state index contributed by atoms with van der Waals surface area (Å²) in [5.74, 6) is 0.619. The fraction of sp³-hybridized carbons (Fsp3) is 0.467. The Morgan fingerprint density at radius 3 is 2.65 bits per heavy atom. The molecule has 2 rings (SSSR count). The minimum Gasteiger partial charge on any atom is -0.481 e. The van der Waals surface area contributed by atoms with Crippen LogP contribution in [0.3, 0.4) is 0 Å². The Morgan fingerprint density at radius 2 is 2.05 bits per heavy atom. The SMILES string of the molecule is CCC(CC)n1ccc(CNc2ccc(OC)nc2)n1. The van der Waals surface area contributed by atoms with Crippen LogP contribution in [0.2, 0.25) is 0 Å². The van der Waals surface area contributed by atoms with Gasteiger partial charge in [-0.1, -0.05) is 13.8 Å². The molecule has 0 unspecified atom stereocenters. The number of nitrogens with one attached hydrogen (secondary N) is 1. The van der Waals surface area contributed by atoms with Gasteiger partial charge >= 0.3 is 0 Å². The Bertz CT molecular complexity index is 517. The van der Waals surface area contributed by atoms with Gasteiger partial charge < -0.3 is 10.1 Å². The highest BCUT2D eigenvalue weighted by molar-refractivity contribution is 5.42. The van der Waals surface area contributed by atoms with E-state index in [0.29, 0.717) is 18.5 Å². The molecule has 0 saturated heterocycles. The predicted octanol–water partition coefficient (Wildman–Crippen LogP) is 3.26. The molecule has 0 spiro atoms. The van der Waals surface area contributed by atoms with Gasteiger partial charge in [-0.25, -0.2) is 4.98 Å². The summed E-state index contributed by atoms with van der Waals surface area (Å²) >= 11 is 0. The van der Waals surface area contributed by atoms with Crippen LogP contribution in [-0.2, 0) is 6.54 Å². The second kappa shape index (κ2) is 6.93. The van der Waals surface area contributed by atoms with Crippen molar-refractivity contribution in [2.24, 2.45) is 0 Å². The molecule has 0 aliphatic heterocycles. The van der Waals surface area contributed by atoms with Gasteiger partial charge in [-0.15, -0.1) is 0 Å². The minimum atomic E-state index is 0.492. The Hall–Kier alpha value is -2.04.